The Morgan fingerprint density at radius 1 is 0.949 bits per heavy atom. The van der Waals surface area contributed by atoms with Gasteiger partial charge in [-0.05, 0) is 91.5 Å². The van der Waals surface area contributed by atoms with Crippen LogP contribution in [0, 0.1) is 0 Å². The predicted octanol–water partition coefficient (Wildman–Crippen LogP) is 8.45. The van der Waals surface area contributed by atoms with E-state index in [4.69, 9.17) is 25.7 Å². The molecule has 6 rings (SSSR count). The molecule has 0 N–H and O–H groups in total. The van der Waals surface area contributed by atoms with Gasteiger partial charge in [-0.25, -0.2) is 4.98 Å². The molecule has 192 valence electrons. The summed E-state index contributed by atoms with van der Waals surface area (Å²) in [6.45, 7) is 0.426. The first-order valence-corrected chi connectivity index (χ1v) is 13.8. The Balaban J connectivity index is 1.39. The SMILES string of the molecule is O=c1c2ccccc2nc(-c2cc3cc(Cl)ccc3o2)n1N=Cc1cc(Br)c(OCc2ccccc2)c(Br)c1. The van der Waals surface area contributed by atoms with Gasteiger partial charge >= 0.3 is 0 Å². The molecule has 0 saturated heterocycles. The highest BCUT2D eigenvalue weighted by atomic mass is 79.9. The molecule has 0 unspecified atom stereocenters. The standard InChI is InChI=1S/C30H18Br2ClN3O3/c31-23-12-19(13-24(32)28(23)38-17-18-6-2-1-3-7-18)16-34-36-29(35-25-9-5-4-8-22(25)30(36)37)27-15-20-14-21(33)10-11-26(20)39-27/h1-16H,17H2. The van der Waals surface area contributed by atoms with Crippen LogP contribution in [0.4, 0.5) is 0 Å². The summed E-state index contributed by atoms with van der Waals surface area (Å²) in [6.07, 6.45) is 1.59. The van der Waals surface area contributed by atoms with Crippen molar-refractivity contribution in [1.82, 2.24) is 9.66 Å². The van der Waals surface area contributed by atoms with Crippen molar-refractivity contribution in [1.29, 1.82) is 0 Å². The number of fused-ring (bicyclic) bond motifs is 2. The molecule has 0 aliphatic carbocycles. The van der Waals surface area contributed by atoms with E-state index in [1.54, 1.807) is 48.7 Å². The molecule has 0 bridgehead atoms. The smallest absolute Gasteiger partial charge is 0.282 e. The molecular weight excluding hydrogens is 646 g/mol. The maximum Gasteiger partial charge on any atom is 0.282 e. The first-order valence-electron chi connectivity index (χ1n) is 11.9. The largest absolute Gasteiger partial charge is 0.487 e. The van der Waals surface area contributed by atoms with Crippen LogP contribution in [0.5, 0.6) is 5.75 Å². The zero-order chi connectivity index (χ0) is 26.9. The lowest BCUT2D eigenvalue weighted by atomic mass is 10.2. The Kier molecular flexibility index (Phi) is 7.08. The van der Waals surface area contributed by atoms with Crippen molar-refractivity contribution < 1.29 is 9.15 Å². The second kappa shape index (κ2) is 10.8. The molecule has 0 fully saturated rings. The van der Waals surface area contributed by atoms with Gasteiger partial charge in [-0.2, -0.15) is 9.78 Å². The van der Waals surface area contributed by atoms with E-state index in [2.05, 4.69) is 37.0 Å². The average molecular weight is 664 g/mol. The van der Waals surface area contributed by atoms with Crippen LogP contribution in [-0.2, 0) is 6.61 Å². The van der Waals surface area contributed by atoms with Crippen LogP contribution in [0.1, 0.15) is 11.1 Å². The summed E-state index contributed by atoms with van der Waals surface area (Å²) >= 11 is 13.4. The average Bonchev–Trinajstić information content (AvgIpc) is 3.36. The molecule has 2 aromatic heterocycles. The molecule has 0 amide bonds. The topological polar surface area (TPSA) is 69.6 Å². The van der Waals surface area contributed by atoms with E-state index in [0.717, 1.165) is 25.5 Å². The molecule has 0 aliphatic rings. The highest BCUT2D eigenvalue weighted by molar-refractivity contribution is 9.11. The lowest BCUT2D eigenvalue weighted by Gasteiger charge is -2.11. The molecule has 0 saturated carbocycles. The van der Waals surface area contributed by atoms with Gasteiger partial charge in [0.25, 0.3) is 5.56 Å². The molecule has 6 aromatic rings. The molecule has 2 heterocycles. The number of furan rings is 1. The van der Waals surface area contributed by atoms with E-state index < -0.39 is 0 Å². The number of hydrogen-bond donors (Lipinski definition) is 0. The van der Waals surface area contributed by atoms with Gasteiger partial charge in [0.2, 0.25) is 5.82 Å². The maximum absolute atomic E-state index is 13.5. The first kappa shape index (κ1) is 25.6. The first-order chi connectivity index (χ1) is 19.0. The van der Waals surface area contributed by atoms with Crippen LogP contribution < -0.4 is 10.3 Å². The molecule has 0 radical (unpaired) electrons. The van der Waals surface area contributed by atoms with Crippen LogP contribution in [0.2, 0.25) is 5.02 Å². The van der Waals surface area contributed by atoms with Gasteiger partial charge in [0, 0.05) is 10.4 Å². The minimum absolute atomic E-state index is 0.281. The number of para-hydroxylation sites is 1. The number of aromatic nitrogens is 2. The van der Waals surface area contributed by atoms with Crippen molar-refractivity contribution in [2.75, 3.05) is 0 Å². The van der Waals surface area contributed by atoms with Crippen molar-refractivity contribution in [3.8, 4) is 17.3 Å². The normalized spacial score (nSPS) is 11.6. The molecule has 0 atom stereocenters. The van der Waals surface area contributed by atoms with Crippen molar-refractivity contribution in [3.63, 3.8) is 0 Å². The Labute approximate surface area is 244 Å². The number of hydrogen-bond acceptors (Lipinski definition) is 5. The second-order valence-corrected chi connectivity index (χ2v) is 10.8. The van der Waals surface area contributed by atoms with E-state index in [0.29, 0.717) is 39.6 Å². The Hall–Kier alpha value is -3.72. The quantitative estimate of drug-likeness (QED) is 0.168. The fourth-order valence-electron chi connectivity index (χ4n) is 4.16. The molecular formula is C30H18Br2ClN3O3. The van der Waals surface area contributed by atoms with Crippen LogP contribution in [0.15, 0.2) is 114 Å². The van der Waals surface area contributed by atoms with Crippen molar-refractivity contribution in [2.24, 2.45) is 5.10 Å². The van der Waals surface area contributed by atoms with Crippen LogP contribution in [-0.4, -0.2) is 15.9 Å². The van der Waals surface area contributed by atoms with Crippen molar-refractivity contribution in [3.05, 3.63) is 126 Å². The summed E-state index contributed by atoms with van der Waals surface area (Å²) in [5.41, 5.74) is 2.67. The summed E-state index contributed by atoms with van der Waals surface area (Å²) in [6, 6.07) is 27.9. The lowest BCUT2D eigenvalue weighted by Crippen LogP contribution is -2.20. The molecule has 0 spiro atoms. The van der Waals surface area contributed by atoms with Crippen LogP contribution in [0.3, 0.4) is 0 Å². The summed E-state index contributed by atoms with van der Waals surface area (Å²) in [5, 5.41) is 6.38. The monoisotopic (exact) mass is 661 g/mol. The third kappa shape index (κ3) is 5.28. The van der Waals surface area contributed by atoms with E-state index in [9.17, 15) is 4.79 Å². The number of halogens is 3. The third-order valence-electron chi connectivity index (χ3n) is 6.02. The highest BCUT2D eigenvalue weighted by Gasteiger charge is 2.17. The van der Waals surface area contributed by atoms with Crippen molar-refractivity contribution >= 4 is 71.5 Å². The van der Waals surface area contributed by atoms with Gasteiger partial charge < -0.3 is 9.15 Å². The lowest BCUT2D eigenvalue weighted by molar-refractivity contribution is 0.302. The summed E-state index contributed by atoms with van der Waals surface area (Å²) in [7, 11) is 0. The van der Waals surface area contributed by atoms with Crippen LogP contribution in [0.25, 0.3) is 33.5 Å². The van der Waals surface area contributed by atoms with Crippen LogP contribution >= 0.6 is 43.5 Å². The van der Waals surface area contributed by atoms with Gasteiger partial charge in [-0.1, -0.05) is 54.1 Å². The molecule has 9 heteroatoms. The Morgan fingerprint density at radius 2 is 1.69 bits per heavy atom. The fourth-order valence-corrected chi connectivity index (χ4v) is 5.79. The van der Waals surface area contributed by atoms with Gasteiger partial charge in [0.1, 0.15) is 17.9 Å². The minimum atomic E-state index is -0.314. The molecule has 6 nitrogen and oxygen atoms in total. The minimum Gasteiger partial charge on any atom is -0.487 e. The third-order valence-corrected chi connectivity index (χ3v) is 7.43. The second-order valence-electron chi connectivity index (χ2n) is 8.69. The van der Waals surface area contributed by atoms with E-state index >= 15 is 0 Å². The van der Waals surface area contributed by atoms with Gasteiger partial charge in [-0.15, -0.1) is 0 Å². The van der Waals surface area contributed by atoms with Gasteiger partial charge in [0.05, 0.1) is 26.1 Å². The molecule has 39 heavy (non-hydrogen) atoms. The number of rotatable bonds is 6. The molecule has 0 aliphatic heterocycles. The van der Waals surface area contributed by atoms with Gasteiger partial charge in [-0.3, -0.25) is 4.79 Å². The Morgan fingerprint density at radius 3 is 2.49 bits per heavy atom. The summed E-state index contributed by atoms with van der Waals surface area (Å²) in [4.78, 5) is 18.3. The highest BCUT2D eigenvalue weighted by Crippen LogP contribution is 2.35. The van der Waals surface area contributed by atoms with Crippen molar-refractivity contribution in [2.45, 2.75) is 6.61 Å². The van der Waals surface area contributed by atoms with Gasteiger partial charge in [0.15, 0.2) is 5.76 Å². The summed E-state index contributed by atoms with van der Waals surface area (Å²) < 4.78 is 14.8. The van der Waals surface area contributed by atoms with E-state index in [-0.39, 0.29) is 11.4 Å². The number of benzene rings is 4. The predicted molar refractivity (Wildman–Crippen MR) is 162 cm³/mol. The van der Waals surface area contributed by atoms with E-state index in [1.165, 1.54) is 4.68 Å². The Bertz CT molecular complexity index is 1910. The van der Waals surface area contributed by atoms with E-state index in [1.807, 2.05) is 48.5 Å². The maximum atomic E-state index is 13.5. The number of ether oxygens (including phenoxy) is 1. The summed E-state index contributed by atoms with van der Waals surface area (Å²) in [5.74, 6) is 1.35. The number of nitrogens with zero attached hydrogens (tertiary/aromatic N) is 3. The zero-order valence-electron chi connectivity index (χ0n) is 20.1. The zero-order valence-corrected chi connectivity index (χ0v) is 24.1. The fraction of sp³-hybridized carbons (Fsp3) is 0.0333. The molecule has 4 aromatic carbocycles.